The SMILES string of the molecule is CC1CCC(C(C)C)C(NC(=O)c2ccc(CN)cc2)C1.Cl. The molecule has 0 heterocycles. The fourth-order valence-corrected chi connectivity index (χ4v) is 3.41. The third-order valence-corrected chi connectivity index (χ3v) is 4.79. The summed E-state index contributed by atoms with van der Waals surface area (Å²) in [4.78, 5) is 12.4. The number of rotatable bonds is 4. The van der Waals surface area contributed by atoms with Crippen molar-refractivity contribution < 1.29 is 4.79 Å². The van der Waals surface area contributed by atoms with Crippen LogP contribution >= 0.6 is 12.4 Å². The lowest BCUT2D eigenvalue weighted by Gasteiger charge is -2.37. The minimum absolute atomic E-state index is 0. The molecule has 3 N–H and O–H groups in total. The molecule has 1 aliphatic carbocycles. The Bertz CT molecular complexity index is 472. The second-order valence-electron chi connectivity index (χ2n) is 6.81. The van der Waals surface area contributed by atoms with E-state index in [1.54, 1.807) is 0 Å². The molecule has 3 atom stereocenters. The molecule has 0 radical (unpaired) electrons. The summed E-state index contributed by atoms with van der Waals surface area (Å²) in [5.41, 5.74) is 7.37. The zero-order chi connectivity index (χ0) is 15.4. The number of amides is 1. The first-order valence-electron chi connectivity index (χ1n) is 8.11. The van der Waals surface area contributed by atoms with E-state index in [4.69, 9.17) is 5.73 Å². The van der Waals surface area contributed by atoms with Gasteiger partial charge in [0.1, 0.15) is 0 Å². The summed E-state index contributed by atoms with van der Waals surface area (Å²) in [6, 6.07) is 7.90. The molecule has 0 saturated heterocycles. The maximum absolute atomic E-state index is 12.4. The predicted molar refractivity (Wildman–Crippen MR) is 94.2 cm³/mol. The number of halogens is 1. The van der Waals surface area contributed by atoms with E-state index in [1.807, 2.05) is 24.3 Å². The van der Waals surface area contributed by atoms with Gasteiger partial charge in [0.2, 0.25) is 0 Å². The highest BCUT2D eigenvalue weighted by molar-refractivity contribution is 5.94. The van der Waals surface area contributed by atoms with Gasteiger partial charge < -0.3 is 11.1 Å². The van der Waals surface area contributed by atoms with E-state index in [-0.39, 0.29) is 18.3 Å². The molecule has 124 valence electrons. The first-order chi connectivity index (χ1) is 10.0. The Balaban J connectivity index is 0.00000242. The van der Waals surface area contributed by atoms with E-state index in [0.717, 1.165) is 17.5 Å². The normalized spacial score (nSPS) is 24.7. The van der Waals surface area contributed by atoms with Gasteiger partial charge in [-0.15, -0.1) is 12.4 Å². The third kappa shape index (κ3) is 4.72. The van der Waals surface area contributed by atoms with E-state index in [2.05, 4.69) is 26.1 Å². The van der Waals surface area contributed by atoms with Gasteiger partial charge in [-0.3, -0.25) is 4.79 Å². The van der Waals surface area contributed by atoms with Crippen molar-refractivity contribution in [3.05, 3.63) is 35.4 Å². The minimum atomic E-state index is 0. The van der Waals surface area contributed by atoms with Crippen LogP contribution < -0.4 is 11.1 Å². The second-order valence-corrected chi connectivity index (χ2v) is 6.81. The van der Waals surface area contributed by atoms with Crippen LogP contribution in [0.1, 0.15) is 56.0 Å². The summed E-state index contributed by atoms with van der Waals surface area (Å²) >= 11 is 0. The Morgan fingerprint density at radius 3 is 2.45 bits per heavy atom. The predicted octanol–water partition coefficient (Wildman–Crippen LogP) is 3.76. The molecule has 4 heteroatoms. The molecule has 3 unspecified atom stereocenters. The van der Waals surface area contributed by atoms with Crippen molar-refractivity contribution in [2.75, 3.05) is 0 Å². The number of carbonyl (C=O) groups excluding carboxylic acids is 1. The highest BCUT2D eigenvalue weighted by Crippen LogP contribution is 2.33. The van der Waals surface area contributed by atoms with E-state index in [0.29, 0.717) is 30.3 Å². The molecule has 0 bridgehead atoms. The second kappa shape index (κ2) is 8.54. The van der Waals surface area contributed by atoms with Crippen LogP contribution in [0.3, 0.4) is 0 Å². The molecule has 2 rings (SSSR count). The first-order valence-corrected chi connectivity index (χ1v) is 8.11. The molecular formula is C18H29ClN2O. The van der Waals surface area contributed by atoms with E-state index >= 15 is 0 Å². The zero-order valence-corrected chi connectivity index (χ0v) is 14.7. The van der Waals surface area contributed by atoms with Gasteiger partial charge in [0.25, 0.3) is 5.91 Å². The quantitative estimate of drug-likeness (QED) is 0.886. The molecule has 1 fully saturated rings. The lowest BCUT2D eigenvalue weighted by atomic mass is 9.74. The van der Waals surface area contributed by atoms with Crippen molar-refractivity contribution >= 4 is 18.3 Å². The van der Waals surface area contributed by atoms with Crippen LogP contribution in [0.2, 0.25) is 0 Å². The maximum Gasteiger partial charge on any atom is 0.251 e. The van der Waals surface area contributed by atoms with Crippen LogP contribution in [0.4, 0.5) is 0 Å². The summed E-state index contributed by atoms with van der Waals surface area (Å²) in [5, 5.41) is 3.26. The molecule has 0 aliphatic heterocycles. The lowest BCUT2D eigenvalue weighted by Crippen LogP contribution is -2.45. The summed E-state index contributed by atoms with van der Waals surface area (Å²) < 4.78 is 0. The van der Waals surface area contributed by atoms with Crippen LogP contribution in [0.5, 0.6) is 0 Å². The Hall–Kier alpha value is -1.06. The maximum atomic E-state index is 12.4. The Morgan fingerprint density at radius 2 is 1.91 bits per heavy atom. The van der Waals surface area contributed by atoms with Crippen LogP contribution in [0, 0.1) is 17.8 Å². The highest BCUT2D eigenvalue weighted by atomic mass is 35.5. The fraction of sp³-hybridized carbons (Fsp3) is 0.611. The molecule has 3 nitrogen and oxygen atoms in total. The Labute approximate surface area is 140 Å². The van der Waals surface area contributed by atoms with Crippen molar-refractivity contribution in [3.8, 4) is 0 Å². The summed E-state index contributed by atoms with van der Waals surface area (Å²) in [6.07, 6.45) is 3.59. The molecule has 1 amide bonds. The summed E-state index contributed by atoms with van der Waals surface area (Å²) in [7, 11) is 0. The van der Waals surface area contributed by atoms with E-state index < -0.39 is 0 Å². The number of nitrogens with one attached hydrogen (secondary N) is 1. The minimum Gasteiger partial charge on any atom is -0.349 e. The molecule has 0 spiro atoms. The monoisotopic (exact) mass is 324 g/mol. The van der Waals surface area contributed by atoms with Crippen LogP contribution in [0.25, 0.3) is 0 Å². The summed E-state index contributed by atoms with van der Waals surface area (Å²) in [6.45, 7) is 7.31. The molecule has 1 aliphatic rings. The van der Waals surface area contributed by atoms with Gasteiger partial charge in [0.05, 0.1) is 0 Å². The van der Waals surface area contributed by atoms with E-state index in [1.165, 1.54) is 12.8 Å². The van der Waals surface area contributed by atoms with Gasteiger partial charge in [0.15, 0.2) is 0 Å². The summed E-state index contributed by atoms with van der Waals surface area (Å²) in [5.74, 6) is 1.95. The molecule has 1 aromatic rings. The Kier molecular flexibility index (Phi) is 7.37. The number of benzene rings is 1. The van der Waals surface area contributed by atoms with Crippen LogP contribution in [0.15, 0.2) is 24.3 Å². The largest absolute Gasteiger partial charge is 0.349 e. The number of carbonyl (C=O) groups is 1. The van der Waals surface area contributed by atoms with Crippen LogP contribution in [-0.4, -0.2) is 11.9 Å². The van der Waals surface area contributed by atoms with Crippen LogP contribution in [-0.2, 0) is 6.54 Å². The van der Waals surface area contributed by atoms with Crippen molar-refractivity contribution in [1.29, 1.82) is 0 Å². The topological polar surface area (TPSA) is 55.1 Å². The Morgan fingerprint density at radius 1 is 1.27 bits per heavy atom. The van der Waals surface area contributed by atoms with Crippen molar-refractivity contribution in [2.24, 2.45) is 23.5 Å². The van der Waals surface area contributed by atoms with Gasteiger partial charge in [-0.05, 0) is 48.3 Å². The average Bonchev–Trinajstić information content (AvgIpc) is 2.47. The van der Waals surface area contributed by atoms with Gasteiger partial charge in [-0.25, -0.2) is 0 Å². The molecule has 0 aromatic heterocycles. The number of hydrogen-bond acceptors (Lipinski definition) is 2. The zero-order valence-electron chi connectivity index (χ0n) is 13.8. The van der Waals surface area contributed by atoms with Crippen molar-refractivity contribution in [2.45, 2.75) is 52.6 Å². The van der Waals surface area contributed by atoms with Gasteiger partial charge in [-0.2, -0.15) is 0 Å². The van der Waals surface area contributed by atoms with Gasteiger partial charge in [0, 0.05) is 18.2 Å². The molecular weight excluding hydrogens is 296 g/mol. The smallest absolute Gasteiger partial charge is 0.251 e. The first kappa shape index (κ1) is 19.0. The highest BCUT2D eigenvalue weighted by Gasteiger charge is 2.31. The lowest BCUT2D eigenvalue weighted by molar-refractivity contribution is 0.0868. The average molecular weight is 325 g/mol. The fourth-order valence-electron chi connectivity index (χ4n) is 3.41. The molecule has 22 heavy (non-hydrogen) atoms. The molecule has 1 saturated carbocycles. The molecule has 1 aromatic carbocycles. The van der Waals surface area contributed by atoms with Crippen molar-refractivity contribution in [1.82, 2.24) is 5.32 Å². The standard InChI is InChI=1S/C18H28N2O.ClH/c1-12(2)16-9-4-13(3)10-17(16)20-18(21)15-7-5-14(11-19)6-8-15;/h5-8,12-13,16-17H,4,9-11,19H2,1-3H3,(H,20,21);1H. The van der Waals surface area contributed by atoms with Gasteiger partial charge >= 0.3 is 0 Å². The van der Waals surface area contributed by atoms with E-state index in [9.17, 15) is 4.79 Å². The third-order valence-electron chi connectivity index (χ3n) is 4.79. The van der Waals surface area contributed by atoms with Gasteiger partial charge in [-0.1, -0.05) is 39.3 Å². The van der Waals surface area contributed by atoms with Crippen molar-refractivity contribution in [3.63, 3.8) is 0 Å². The number of hydrogen-bond donors (Lipinski definition) is 2. The number of nitrogens with two attached hydrogens (primary N) is 1.